The molecule has 6 nitrogen and oxygen atoms in total. The minimum Gasteiger partial charge on any atom is -0.497 e. The maximum absolute atomic E-state index is 12.4. The standard InChI is InChI=1S/C19H20N4O2S2/c1-12-6-4-7-14(10-12)21-18-22-23-19(27-18)26-13(2)17(24)20-15-8-5-9-16(11-15)25-3/h4-11,13H,1-3H3,(H,20,24)(H,21,22). The molecule has 3 aromatic rings. The van der Waals surface area contributed by atoms with Crippen molar-refractivity contribution in [1.82, 2.24) is 10.2 Å². The second-order valence-corrected chi connectivity index (χ2v) is 8.41. The van der Waals surface area contributed by atoms with Crippen LogP contribution in [-0.2, 0) is 4.79 Å². The molecular weight excluding hydrogens is 380 g/mol. The van der Waals surface area contributed by atoms with Crippen LogP contribution < -0.4 is 15.4 Å². The molecule has 140 valence electrons. The van der Waals surface area contributed by atoms with E-state index >= 15 is 0 Å². The first kappa shape index (κ1) is 19.2. The SMILES string of the molecule is COc1cccc(NC(=O)C(C)Sc2nnc(Nc3cccc(C)c3)s2)c1. The topological polar surface area (TPSA) is 76.1 Å². The highest BCUT2D eigenvalue weighted by atomic mass is 32.2. The lowest BCUT2D eigenvalue weighted by Crippen LogP contribution is -2.22. The minimum absolute atomic E-state index is 0.100. The molecule has 1 amide bonds. The van der Waals surface area contributed by atoms with Crippen LogP contribution >= 0.6 is 23.1 Å². The van der Waals surface area contributed by atoms with Gasteiger partial charge in [0.15, 0.2) is 4.34 Å². The third-order valence-electron chi connectivity index (χ3n) is 3.66. The summed E-state index contributed by atoms with van der Waals surface area (Å²) in [6, 6.07) is 15.3. The average Bonchev–Trinajstić information content (AvgIpc) is 3.08. The van der Waals surface area contributed by atoms with E-state index in [1.165, 1.54) is 28.7 Å². The first-order chi connectivity index (χ1) is 13.0. The molecule has 0 saturated carbocycles. The van der Waals surface area contributed by atoms with E-state index < -0.39 is 0 Å². The third kappa shape index (κ3) is 5.45. The zero-order chi connectivity index (χ0) is 19.2. The number of aromatic nitrogens is 2. The fourth-order valence-corrected chi connectivity index (χ4v) is 4.22. The Morgan fingerprint density at radius 2 is 1.93 bits per heavy atom. The predicted octanol–water partition coefficient (Wildman–Crippen LogP) is 4.72. The number of nitrogens with zero attached hydrogens (tertiary/aromatic N) is 2. The lowest BCUT2D eigenvalue weighted by Gasteiger charge is -2.11. The first-order valence-electron chi connectivity index (χ1n) is 8.32. The summed E-state index contributed by atoms with van der Waals surface area (Å²) in [6.45, 7) is 3.88. The largest absolute Gasteiger partial charge is 0.497 e. The zero-order valence-electron chi connectivity index (χ0n) is 15.2. The maximum atomic E-state index is 12.4. The van der Waals surface area contributed by atoms with Crippen LogP contribution in [0.1, 0.15) is 12.5 Å². The van der Waals surface area contributed by atoms with Crippen molar-refractivity contribution in [1.29, 1.82) is 0 Å². The van der Waals surface area contributed by atoms with Crippen molar-refractivity contribution in [3.63, 3.8) is 0 Å². The van der Waals surface area contributed by atoms with E-state index in [1.807, 2.05) is 56.3 Å². The molecule has 0 aliphatic rings. The molecule has 1 atom stereocenters. The van der Waals surface area contributed by atoms with E-state index in [0.717, 1.165) is 10.0 Å². The molecule has 8 heteroatoms. The van der Waals surface area contributed by atoms with E-state index in [0.29, 0.717) is 16.6 Å². The van der Waals surface area contributed by atoms with Crippen LogP contribution in [-0.4, -0.2) is 28.5 Å². The second kappa shape index (κ2) is 8.88. The fraction of sp³-hybridized carbons (Fsp3) is 0.211. The molecule has 0 fully saturated rings. The molecule has 27 heavy (non-hydrogen) atoms. The number of benzene rings is 2. The lowest BCUT2D eigenvalue weighted by atomic mass is 10.2. The summed E-state index contributed by atoms with van der Waals surface area (Å²) in [5.41, 5.74) is 2.83. The van der Waals surface area contributed by atoms with Crippen LogP contribution in [0.3, 0.4) is 0 Å². The Labute approximate surface area is 166 Å². The Hall–Kier alpha value is -2.58. The van der Waals surface area contributed by atoms with Crippen molar-refractivity contribution in [3.05, 3.63) is 54.1 Å². The number of carbonyl (C=O) groups excluding carboxylic acids is 1. The van der Waals surface area contributed by atoms with Crippen LogP contribution in [0.15, 0.2) is 52.9 Å². The third-order valence-corrected chi connectivity index (χ3v) is 5.68. The van der Waals surface area contributed by atoms with Crippen molar-refractivity contribution >= 4 is 45.5 Å². The molecule has 3 rings (SSSR count). The van der Waals surface area contributed by atoms with Crippen LogP contribution in [0, 0.1) is 6.92 Å². The number of thioether (sulfide) groups is 1. The molecule has 0 radical (unpaired) electrons. The van der Waals surface area contributed by atoms with Crippen LogP contribution in [0.4, 0.5) is 16.5 Å². The normalized spacial score (nSPS) is 11.7. The van der Waals surface area contributed by atoms with Crippen molar-refractivity contribution < 1.29 is 9.53 Å². The van der Waals surface area contributed by atoms with Gasteiger partial charge in [0.1, 0.15) is 5.75 Å². The Morgan fingerprint density at radius 3 is 2.70 bits per heavy atom. The van der Waals surface area contributed by atoms with Gasteiger partial charge in [-0.15, -0.1) is 10.2 Å². The van der Waals surface area contributed by atoms with Crippen LogP contribution in [0.5, 0.6) is 5.75 Å². The maximum Gasteiger partial charge on any atom is 0.237 e. The minimum atomic E-state index is -0.309. The molecule has 1 unspecified atom stereocenters. The van der Waals surface area contributed by atoms with E-state index in [9.17, 15) is 4.79 Å². The van der Waals surface area contributed by atoms with Gasteiger partial charge in [0, 0.05) is 17.4 Å². The number of anilines is 3. The van der Waals surface area contributed by atoms with Gasteiger partial charge < -0.3 is 15.4 Å². The number of methoxy groups -OCH3 is 1. The molecule has 0 saturated heterocycles. The first-order valence-corrected chi connectivity index (χ1v) is 10.0. The summed E-state index contributed by atoms with van der Waals surface area (Å²) < 4.78 is 5.91. The number of hydrogen-bond acceptors (Lipinski definition) is 7. The lowest BCUT2D eigenvalue weighted by molar-refractivity contribution is -0.115. The van der Waals surface area contributed by atoms with Crippen molar-refractivity contribution in [2.45, 2.75) is 23.4 Å². The van der Waals surface area contributed by atoms with Gasteiger partial charge in [-0.2, -0.15) is 0 Å². The van der Waals surface area contributed by atoms with Crippen LogP contribution in [0.2, 0.25) is 0 Å². The summed E-state index contributed by atoms with van der Waals surface area (Å²) in [6.07, 6.45) is 0. The molecule has 0 spiro atoms. The van der Waals surface area contributed by atoms with Gasteiger partial charge in [0.2, 0.25) is 11.0 Å². The zero-order valence-corrected chi connectivity index (χ0v) is 16.9. The molecule has 2 aromatic carbocycles. The number of rotatable bonds is 7. The number of aryl methyl sites for hydroxylation is 1. The quantitative estimate of drug-likeness (QED) is 0.559. The molecule has 1 heterocycles. The van der Waals surface area contributed by atoms with Crippen molar-refractivity contribution in [3.8, 4) is 5.75 Å². The average molecular weight is 401 g/mol. The van der Waals surface area contributed by atoms with Gasteiger partial charge >= 0.3 is 0 Å². The van der Waals surface area contributed by atoms with Crippen LogP contribution in [0.25, 0.3) is 0 Å². The van der Waals surface area contributed by atoms with E-state index in [4.69, 9.17) is 4.74 Å². The fourth-order valence-electron chi connectivity index (χ4n) is 2.30. The monoisotopic (exact) mass is 400 g/mol. The molecule has 0 bridgehead atoms. The Kier molecular flexibility index (Phi) is 6.31. The van der Waals surface area contributed by atoms with Gasteiger partial charge in [-0.3, -0.25) is 4.79 Å². The Bertz CT molecular complexity index is 929. The summed E-state index contributed by atoms with van der Waals surface area (Å²) in [4.78, 5) is 12.4. The molecule has 0 aliphatic heterocycles. The van der Waals surface area contributed by atoms with Crippen molar-refractivity contribution in [2.75, 3.05) is 17.7 Å². The highest BCUT2D eigenvalue weighted by Gasteiger charge is 2.17. The molecule has 0 aliphatic carbocycles. The van der Waals surface area contributed by atoms with E-state index in [2.05, 4.69) is 20.8 Å². The number of carbonyl (C=O) groups is 1. The number of amides is 1. The molecular formula is C19H20N4O2S2. The van der Waals surface area contributed by atoms with Crippen molar-refractivity contribution in [2.24, 2.45) is 0 Å². The Balaban J connectivity index is 1.58. The van der Waals surface area contributed by atoms with E-state index in [-0.39, 0.29) is 11.2 Å². The summed E-state index contributed by atoms with van der Waals surface area (Å²) >= 11 is 2.80. The number of hydrogen-bond donors (Lipinski definition) is 2. The van der Waals surface area contributed by atoms with Gasteiger partial charge in [-0.1, -0.05) is 41.3 Å². The van der Waals surface area contributed by atoms with Gasteiger partial charge in [-0.25, -0.2) is 0 Å². The predicted molar refractivity (Wildman–Crippen MR) is 111 cm³/mol. The second-order valence-electron chi connectivity index (χ2n) is 5.85. The van der Waals surface area contributed by atoms with Gasteiger partial charge in [-0.05, 0) is 43.7 Å². The molecule has 1 aromatic heterocycles. The smallest absolute Gasteiger partial charge is 0.237 e. The number of ether oxygens (including phenoxy) is 1. The highest BCUT2D eigenvalue weighted by molar-refractivity contribution is 8.02. The summed E-state index contributed by atoms with van der Waals surface area (Å²) in [5, 5.41) is 14.8. The van der Waals surface area contributed by atoms with Gasteiger partial charge in [0.25, 0.3) is 0 Å². The van der Waals surface area contributed by atoms with Gasteiger partial charge in [0.05, 0.1) is 12.4 Å². The Morgan fingerprint density at radius 1 is 1.15 bits per heavy atom. The summed E-state index contributed by atoms with van der Waals surface area (Å²) in [7, 11) is 1.59. The molecule has 2 N–H and O–H groups in total. The summed E-state index contributed by atoms with van der Waals surface area (Å²) in [5.74, 6) is 0.598. The number of nitrogens with one attached hydrogen (secondary N) is 2. The van der Waals surface area contributed by atoms with E-state index in [1.54, 1.807) is 13.2 Å². The highest BCUT2D eigenvalue weighted by Crippen LogP contribution is 2.31.